The van der Waals surface area contributed by atoms with Crippen molar-refractivity contribution in [3.8, 4) is 17.6 Å². The van der Waals surface area contributed by atoms with Gasteiger partial charge in [0.15, 0.2) is 5.82 Å². The van der Waals surface area contributed by atoms with Crippen LogP contribution in [0.1, 0.15) is 11.1 Å². The molecule has 0 unspecified atom stereocenters. The van der Waals surface area contributed by atoms with E-state index in [9.17, 15) is 14.5 Å². The number of nitrogens with zero attached hydrogens (tertiary/aromatic N) is 2. The fourth-order valence-electron chi connectivity index (χ4n) is 1.72. The van der Waals surface area contributed by atoms with Crippen molar-refractivity contribution >= 4 is 5.69 Å². The standard InChI is InChI=1S/C14H9FN2O3/c1-9-4-2-5-10(8-16)13(9)20-14-11(15)6-3-7-12(14)17(18)19/h2-7H,1H3. The maximum atomic E-state index is 13.8. The zero-order chi connectivity index (χ0) is 14.7. The van der Waals surface area contributed by atoms with Gasteiger partial charge in [-0.25, -0.2) is 4.39 Å². The van der Waals surface area contributed by atoms with Gasteiger partial charge < -0.3 is 4.74 Å². The quantitative estimate of drug-likeness (QED) is 0.630. The van der Waals surface area contributed by atoms with Gasteiger partial charge in [0.25, 0.3) is 0 Å². The molecular weight excluding hydrogens is 263 g/mol. The fourth-order valence-corrected chi connectivity index (χ4v) is 1.72. The molecule has 0 bridgehead atoms. The van der Waals surface area contributed by atoms with Crippen LogP contribution in [-0.4, -0.2) is 4.92 Å². The monoisotopic (exact) mass is 272 g/mol. The summed E-state index contributed by atoms with van der Waals surface area (Å²) in [6, 6.07) is 10.2. The highest BCUT2D eigenvalue weighted by Crippen LogP contribution is 2.36. The molecule has 0 aliphatic heterocycles. The second-order valence-electron chi connectivity index (χ2n) is 4.01. The van der Waals surface area contributed by atoms with E-state index in [1.165, 1.54) is 12.1 Å². The maximum absolute atomic E-state index is 13.8. The van der Waals surface area contributed by atoms with Gasteiger partial charge in [-0.1, -0.05) is 18.2 Å². The van der Waals surface area contributed by atoms with E-state index in [1.807, 2.05) is 6.07 Å². The van der Waals surface area contributed by atoms with E-state index >= 15 is 0 Å². The van der Waals surface area contributed by atoms with E-state index in [4.69, 9.17) is 10.00 Å². The molecule has 6 heteroatoms. The van der Waals surface area contributed by atoms with Gasteiger partial charge in [-0.15, -0.1) is 0 Å². The van der Waals surface area contributed by atoms with E-state index in [2.05, 4.69) is 0 Å². The molecule has 0 aromatic heterocycles. The minimum absolute atomic E-state index is 0.114. The average Bonchev–Trinajstić information content (AvgIpc) is 2.42. The van der Waals surface area contributed by atoms with Crippen LogP contribution in [0.4, 0.5) is 10.1 Å². The molecule has 0 saturated carbocycles. The van der Waals surface area contributed by atoms with Crippen molar-refractivity contribution in [2.24, 2.45) is 0 Å². The molecule has 2 rings (SSSR count). The molecule has 100 valence electrons. The summed E-state index contributed by atoms with van der Waals surface area (Å²) in [5, 5.41) is 19.9. The van der Waals surface area contributed by atoms with Crippen LogP contribution in [0.15, 0.2) is 36.4 Å². The lowest BCUT2D eigenvalue weighted by molar-refractivity contribution is -0.385. The van der Waals surface area contributed by atoms with Crippen molar-refractivity contribution in [3.63, 3.8) is 0 Å². The minimum Gasteiger partial charge on any atom is -0.445 e. The number of rotatable bonds is 3. The van der Waals surface area contributed by atoms with Gasteiger partial charge in [-0.05, 0) is 24.6 Å². The fraction of sp³-hybridized carbons (Fsp3) is 0.0714. The highest BCUT2D eigenvalue weighted by atomic mass is 19.1. The highest BCUT2D eigenvalue weighted by molar-refractivity contribution is 5.54. The smallest absolute Gasteiger partial charge is 0.314 e. The summed E-state index contributed by atoms with van der Waals surface area (Å²) in [6.45, 7) is 1.67. The molecule has 0 aliphatic carbocycles. The molecule has 0 amide bonds. The number of nitro benzene ring substituents is 1. The molecule has 2 aromatic carbocycles. The number of aryl methyl sites for hydroxylation is 1. The third kappa shape index (κ3) is 2.42. The predicted molar refractivity (Wildman–Crippen MR) is 69.0 cm³/mol. The number of hydrogen-bond acceptors (Lipinski definition) is 4. The van der Waals surface area contributed by atoms with Gasteiger partial charge in [0.2, 0.25) is 5.75 Å². The molecule has 2 aromatic rings. The van der Waals surface area contributed by atoms with E-state index in [0.29, 0.717) is 5.56 Å². The van der Waals surface area contributed by atoms with Crippen LogP contribution in [0.5, 0.6) is 11.5 Å². The highest BCUT2D eigenvalue weighted by Gasteiger charge is 2.21. The van der Waals surface area contributed by atoms with Crippen LogP contribution in [0, 0.1) is 34.2 Å². The van der Waals surface area contributed by atoms with Crippen molar-refractivity contribution in [3.05, 3.63) is 63.5 Å². The number of nitro groups is 1. The lowest BCUT2D eigenvalue weighted by Crippen LogP contribution is -1.98. The number of hydrogen-bond donors (Lipinski definition) is 0. The molecule has 0 N–H and O–H groups in total. The van der Waals surface area contributed by atoms with Crippen molar-refractivity contribution in [1.29, 1.82) is 5.26 Å². The number of ether oxygens (including phenoxy) is 1. The van der Waals surface area contributed by atoms with Crippen LogP contribution in [0.25, 0.3) is 0 Å². The molecule has 0 radical (unpaired) electrons. The number of para-hydroxylation sites is 2. The third-order valence-electron chi connectivity index (χ3n) is 2.68. The van der Waals surface area contributed by atoms with Crippen molar-refractivity contribution < 1.29 is 14.1 Å². The Balaban J connectivity index is 2.57. The summed E-state index contributed by atoms with van der Waals surface area (Å²) >= 11 is 0. The van der Waals surface area contributed by atoms with Gasteiger partial charge in [-0.2, -0.15) is 5.26 Å². The Bertz CT molecular complexity index is 723. The molecule has 20 heavy (non-hydrogen) atoms. The number of nitriles is 1. The molecule has 0 fully saturated rings. The first-order valence-electron chi connectivity index (χ1n) is 5.65. The van der Waals surface area contributed by atoms with Crippen molar-refractivity contribution in [2.75, 3.05) is 0 Å². The van der Waals surface area contributed by atoms with Crippen molar-refractivity contribution in [1.82, 2.24) is 0 Å². The Hall–Kier alpha value is -2.94. The van der Waals surface area contributed by atoms with Crippen LogP contribution < -0.4 is 4.74 Å². The second kappa shape index (κ2) is 5.36. The van der Waals surface area contributed by atoms with E-state index in [-0.39, 0.29) is 11.3 Å². The summed E-state index contributed by atoms with van der Waals surface area (Å²) < 4.78 is 19.1. The van der Waals surface area contributed by atoms with Crippen molar-refractivity contribution in [2.45, 2.75) is 6.92 Å². The van der Waals surface area contributed by atoms with E-state index in [0.717, 1.165) is 12.1 Å². The molecule has 0 atom stereocenters. The third-order valence-corrected chi connectivity index (χ3v) is 2.68. The average molecular weight is 272 g/mol. The number of halogens is 1. The Morgan fingerprint density at radius 3 is 2.60 bits per heavy atom. The Morgan fingerprint density at radius 2 is 1.95 bits per heavy atom. The zero-order valence-electron chi connectivity index (χ0n) is 10.5. The van der Waals surface area contributed by atoms with Crippen LogP contribution in [0.2, 0.25) is 0 Å². The van der Waals surface area contributed by atoms with Crippen LogP contribution in [0.3, 0.4) is 0 Å². The zero-order valence-corrected chi connectivity index (χ0v) is 10.5. The summed E-state index contributed by atoms with van der Waals surface area (Å²) in [4.78, 5) is 10.2. The van der Waals surface area contributed by atoms with Gasteiger partial charge in [0.1, 0.15) is 11.8 Å². The van der Waals surface area contributed by atoms with Gasteiger partial charge in [0.05, 0.1) is 10.5 Å². The van der Waals surface area contributed by atoms with Gasteiger partial charge in [-0.3, -0.25) is 10.1 Å². The summed E-state index contributed by atoms with van der Waals surface area (Å²) in [6.07, 6.45) is 0. The molecular formula is C14H9FN2O3. The summed E-state index contributed by atoms with van der Waals surface area (Å²) in [5.41, 5.74) is 0.279. The largest absolute Gasteiger partial charge is 0.445 e. The predicted octanol–water partition coefficient (Wildman–Crippen LogP) is 3.71. The first kappa shape index (κ1) is 13.5. The topological polar surface area (TPSA) is 76.2 Å². The maximum Gasteiger partial charge on any atom is 0.314 e. The number of benzene rings is 2. The van der Waals surface area contributed by atoms with Crippen LogP contribution >= 0.6 is 0 Å². The molecule has 0 aliphatic rings. The lowest BCUT2D eigenvalue weighted by atomic mass is 10.1. The SMILES string of the molecule is Cc1cccc(C#N)c1Oc1c(F)cccc1[N+](=O)[O-]. The Morgan fingerprint density at radius 1 is 1.25 bits per heavy atom. The second-order valence-corrected chi connectivity index (χ2v) is 4.01. The van der Waals surface area contributed by atoms with Gasteiger partial charge >= 0.3 is 5.69 Å². The summed E-state index contributed by atoms with van der Waals surface area (Å²) in [5.74, 6) is -1.24. The Labute approximate surface area is 114 Å². The van der Waals surface area contributed by atoms with E-state index < -0.39 is 22.2 Å². The summed E-state index contributed by atoms with van der Waals surface area (Å²) in [7, 11) is 0. The van der Waals surface area contributed by atoms with Gasteiger partial charge in [0, 0.05) is 6.07 Å². The molecule has 0 saturated heterocycles. The first-order valence-corrected chi connectivity index (χ1v) is 5.65. The minimum atomic E-state index is -0.855. The Kier molecular flexibility index (Phi) is 3.62. The molecule has 0 spiro atoms. The van der Waals surface area contributed by atoms with Crippen LogP contribution in [-0.2, 0) is 0 Å². The lowest BCUT2D eigenvalue weighted by Gasteiger charge is -2.10. The first-order chi connectivity index (χ1) is 9.54. The molecule has 5 nitrogen and oxygen atoms in total. The molecule has 0 heterocycles. The normalized spacial score (nSPS) is 9.85. The van der Waals surface area contributed by atoms with E-state index in [1.54, 1.807) is 19.1 Å².